The molecule has 0 spiro atoms. The first-order chi connectivity index (χ1) is 12.5. The number of piperidine rings is 1. The number of nitrogens with zero attached hydrogens (tertiary/aromatic N) is 1. The minimum atomic E-state index is -0.305. The van der Waals surface area contributed by atoms with Gasteiger partial charge in [-0.15, -0.1) is 11.3 Å². The van der Waals surface area contributed by atoms with Gasteiger partial charge in [0.05, 0.1) is 18.2 Å². The summed E-state index contributed by atoms with van der Waals surface area (Å²) in [5.74, 6) is 0.289. The molecule has 0 bridgehead atoms. The number of anilines is 1. The minimum absolute atomic E-state index is 0.0240. The van der Waals surface area contributed by atoms with Gasteiger partial charge >= 0.3 is 5.97 Å². The van der Waals surface area contributed by atoms with E-state index < -0.39 is 0 Å². The van der Waals surface area contributed by atoms with Crippen LogP contribution in [0.15, 0.2) is 0 Å². The Morgan fingerprint density at radius 3 is 2.73 bits per heavy atom. The number of carbonyl (C=O) groups is 2. The van der Waals surface area contributed by atoms with Crippen molar-refractivity contribution in [1.82, 2.24) is 4.90 Å². The normalized spacial score (nSPS) is 21.7. The van der Waals surface area contributed by atoms with Crippen LogP contribution in [0, 0.1) is 5.92 Å². The average molecular weight is 379 g/mol. The van der Waals surface area contributed by atoms with Crippen LogP contribution in [0.2, 0.25) is 0 Å². The molecule has 1 aromatic heterocycles. The minimum Gasteiger partial charge on any atom is -0.462 e. The van der Waals surface area contributed by atoms with Crippen molar-refractivity contribution >= 4 is 28.2 Å². The first-order valence-corrected chi connectivity index (χ1v) is 10.7. The molecule has 0 radical (unpaired) electrons. The lowest BCUT2D eigenvalue weighted by atomic mass is 9.88. The van der Waals surface area contributed by atoms with Gasteiger partial charge in [-0.2, -0.15) is 0 Å². The van der Waals surface area contributed by atoms with Crippen LogP contribution < -0.4 is 5.32 Å². The Balaban J connectivity index is 1.81. The fourth-order valence-electron chi connectivity index (χ4n) is 3.95. The molecule has 1 aliphatic carbocycles. The highest BCUT2D eigenvalue weighted by molar-refractivity contribution is 7.17. The lowest BCUT2D eigenvalue weighted by molar-refractivity contribution is -0.121. The lowest BCUT2D eigenvalue weighted by Crippen LogP contribution is -2.44. The van der Waals surface area contributed by atoms with Crippen molar-refractivity contribution in [3.8, 4) is 0 Å². The summed E-state index contributed by atoms with van der Waals surface area (Å²) in [5, 5.41) is 3.73. The van der Waals surface area contributed by atoms with E-state index in [0.29, 0.717) is 23.1 Å². The summed E-state index contributed by atoms with van der Waals surface area (Å²) in [6.07, 6.45) is 6.48. The summed E-state index contributed by atoms with van der Waals surface area (Å²) in [7, 11) is 0. The Morgan fingerprint density at radius 1 is 1.31 bits per heavy atom. The first-order valence-electron chi connectivity index (χ1n) is 9.87. The van der Waals surface area contributed by atoms with Crippen LogP contribution >= 0.6 is 11.3 Å². The molecular weight excluding hydrogens is 348 g/mol. The van der Waals surface area contributed by atoms with Gasteiger partial charge in [-0.05, 0) is 70.5 Å². The maximum absolute atomic E-state index is 12.8. The molecule has 144 valence electrons. The maximum atomic E-state index is 12.8. The molecule has 5 nitrogen and oxygen atoms in total. The number of thiophene rings is 1. The number of likely N-dealkylation sites (tertiary alicyclic amines) is 1. The standard InChI is InChI=1S/C20H30N2O3S/c1-4-25-20(24)17-15-9-8-13(2)12-16(15)26-19(17)21-18(23)14(3)22-10-6-5-7-11-22/h13-14H,4-12H2,1-3H3,(H,21,23)/t13-,14+/m0/s1. The molecule has 6 heteroatoms. The van der Waals surface area contributed by atoms with E-state index in [-0.39, 0.29) is 17.9 Å². The van der Waals surface area contributed by atoms with Crippen LogP contribution in [0.1, 0.15) is 67.3 Å². The number of amides is 1. The van der Waals surface area contributed by atoms with Crippen molar-refractivity contribution in [3.05, 3.63) is 16.0 Å². The molecule has 3 rings (SSSR count). The molecule has 26 heavy (non-hydrogen) atoms. The number of nitrogens with one attached hydrogen (secondary N) is 1. The zero-order valence-corrected chi connectivity index (χ0v) is 16.9. The van der Waals surface area contributed by atoms with E-state index in [1.54, 1.807) is 11.3 Å². The van der Waals surface area contributed by atoms with Gasteiger partial charge in [0, 0.05) is 4.88 Å². The molecule has 2 atom stereocenters. The number of hydrogen-bond donors (Lipinski definition) is 1. The first kappa shape index (κ1) is 19.4. The van der Waals surface area contributed by atoms with Crippen molar-refractivity contribution in [2.24, 2.45) is 5.92 Å². The number of rotatable bonds is 5. The van der Waals surface area contributed by atoms with Crippen molar-refractivity contribution in [2.45, 2.75) is 65.3 Å². The van der Waals surface area contributed by atoms with E-state index in [0.717, 1.165) is 50.8 Å². The van der Waals surface area contributed by atoms with Crippen molar-refractivity contribution in [3.63, 3.8) is 0 Å². The highest BCUT2D eigenvalue weighted by Gasteiger charge is 2.30. The Kier molecular flexibility index (Phi) is 6.35. The Morgan fingerprint density at radius 2 is 2.04 bits per heavy atom. The molecule has 1 amide bonds. The highest BCUT2D eigenvalue weighted by Crippen LogP contribution is 2.40. The fraction of sp³-hybridized carbons (Fsp3) is 0.700. The van der Waals surface area contributed by atoms with Gasteiger partial charge in [-0.25, -0.2) is 4.79 Å². The highest BCUT2D eigenvalue weighted by atomic mass is 32.1. The Labute approximate surface area is 160 Å². The van der Waals surface area contributed by atoms with Gasteiger partial charge in [-0.3, -0.25) is 9.69 Å². The van der Waals surface area contributed by atoms with Crippen molar-refractivity contribution in [1.29, 1.82) is 0 Å². The van der Waals surface area contributed by atoms with Gasteiger partial charge in [0.2, 0.25) is 5.91 Å². The molecule has 2 heterocycles. The van der Waals surface area contributed by atoms with Crippen LogP contribution in [0.4, 0.5) is 5.00 Å². The third-order valence-electron chi connectivity index (χ3n) is 5.55. The van der Waals surface area contributed by atoms with Gasteiger partial charge in [0.15, 0.2) is 0 Å². The zero-order valence-electron chi connectivity index (χ0n) is 16.1. The molecule has 1 N–H and O–H groups in total. The van der Waals surface area contributed by atoms with Gasteiger partial charge in [0.25, 0.3) is 0 Å². The van der Waals surface area contributed by atoms with E-state index in [2.05, 4.69) is 17.1 Å². The van der Waals surface area contributed by atoms with Crippen LogP contribution in [-0.4, -0.2) is 42.5 Å². The Hall–Kier alpha value is -1.40. The number of esters is 1. The topological polar surface area (TPSA) is 58.6 Å². The average Bonchev–Trinajstić information content (AvgIpc) is 2.98. The monoisotopic (exact) mass is 378 g/mol. The smallest absolute Gasteiger partial charge is 0.341 e. The summed E-state index contributed by atoms with van der Waals surface area (Å²) in [5.41, 5.74) is 1.69. The number of hydrogen-bond acceptors (Lipinski definition) is 5. The van der Waals surface area contributed by atoms with E-state index in [4.69, 9.17) is 4.74 Å². The molecule has 1 saturated heterocycles. The lowest BCUT2D eigenvalue weighted by Gasteiger charge is -2.31. The number of fused-ring (bicyclic) bond motifs is 1. The Bertz CT molecular complexity index is 664. The number of ether oxygens (including phenoxy) is 1. The van der Waals surface area contributed by atoms with Crippen molar-refractivity contribution in [2.75, 3.05) is 25.0 Å². The second kappa shape index (κ2) is 8.53. The maximum Gasteiger partial charge on any atom is 0.341 e. The van der Waals surface area contributed by atoms with Crippen molar-refractivity contribution < 1.29 is 14.3 Å². The molecule has 1 aliphatic heterocycles. The summed E-state index contributed by atoms with van der Waals surface area (Å²) < 4.78 is 5.28. The largest absolute Gasteiger partial charge is 0.462 e. The van der Waals surface area contributed by atoms with Gasteiger partial charge in [0.1, 0.15) is 5.00 Å². The summed E-state index contributed by atoms with van der Waals surface area (Å²) in [6, 6.07) is -0.177. The molecule has 0 saturated carbocycles. The summed E-state index contributed by atoms with van der Waals surface area (Å²) >= 11 is 1.56. The second-order valence-corrected chi connectivity index (χ2v) is 8.64. The van der Waals surface area contributed by atoms with E-state index in [9.17, 15) is 9.59 Å². The number of carbonyl (C=O) groups excluding carboxylic acids is 2. The third-order valence-corrected chi connectivity index (χ3v) is 6.72. The van der Waals surface area contributed by atoms with Gasteiger partial charge in [-0.1, -0.05) is 13.3 Å². The molecule has 0 unspecified atom stereocenters. The van der Waals surface area contributed by atoms with Crippen LogP contribution in [0.5, 0.6) is 0 Å². The predicted octanol–water partition coefficient (Wildman–Crippen LogP) is 3.86. The predicted molar refractivity (Wildman–Crippen MR) is 105 cm³/mol. The van der Waals surface area contributed by atoms with Crippen LogP contribution in [0.25, 0.3) is 0 Å². The van der Waals surface area contributed by atoms with Crippen LogP contribution in [0.3, 0.4) is 0 Å². The quantitative estimate of drug-likeness (QED) is 0.791. The van der Waals surface area contributed by atoms with Crippen LogP contribution in [-0.2, 0) is 22.4 Å². The fourth-order valence-corrected chi connectivity index (χ4v) is 5.35. The summed E-state index contributed by atoms with van der Waals surface area (Å²) in [6.45, 7) is 8.30. The zero-order chi connectivity index (χ0) is 18.7. The molecular formula is C20H30N2O3S. The molecule has 0 aromatic carbocycles. The van der Waals surface area contributed by atoms with E-state index in [1.165, 1.54) is 11.3 Å². The second-order valence-electron chi connectivity index (χ2n) is 7.54. The summed E-state index contributed by atoms with van der Waals surface area (Å²) in [4.78, 5) is 28.8. The molecule has 2 aliphatic rings. The third kappa shape index (κ3) is 4.12. The van der Waals surface area contributed by atoms with E-state index >= 15 is 0 Å². The van der Waals surface area contributed by atoms with Gasteiger partial charge < -0.3 is 10.1 Å². The molecule has 1 aromatic rings. The molecule has 1 fully saturated rings. The van der Waals surface area contributed by atoms with E-state index in [1.807, 2.05) is 13.8 Å². The SMILES string of the molecule is CCOC(=O)c1c(NC(=O)[C@@H](C)N2CCCCC2)sc2c1CC[C@H](C)C2.